The van der Waals surface area contributed by atoms with Gasteiger partial charge in [-0.3, -0.25) is 28.7 Å². The van der Waals surface area contributed by atoms with Gasteiger partial charge in [-0.2, -0.15) is 0 Å². The summed E-state index contributed by atoms with van der Waals surface area (Å²) < 4.78 is 0.964. The van der Waals surface area contributed by atoms with Crippen molar-refractivity contribution in [2.45, 2.75) is 0 Å². The molecule has 5 aromatic rings. The third-order valence-electron chi connectivity index (χ3n) is 4.67. The summed E-state index contributed by atoms with van der Waals surface area (Å²) in [5.41, 5.74) is -1.11. The molecule has 2 aromatic carbocycles. The third kappa shape index (κ3) is 1.25. The molecule has 0 saturated heterocycles. The number of H-pyrrole nitrogens is 2. The summed E-state index contributed by atoms with van der Waals surface area (Å²) in [4.78, 5) is 55.0. The molecule has 24 heavy (non-hydrogen) atoms. The van der Waals surface area contributed by atoms with Crippen molar-refractivity contribution in [3.63, 3.8) is 0 Å². The van der Waals surface area contributed by atoms with E-state index in [2.05, 4.69) is 9.97 Å². The number of aromatic nitrogens is 3. The van der Waals surface area contributed by atoms with Crippen LogP contribution in [0, 0.1) is 0 Å². The maximum atomic E-state index is 12.6. The van der Waals surface area contributed by atoms with Crippen molar-refractivity contribution in [3.8, 4) is 0 Å². The lowest BCUT2D eigenvalue weighted by molar-refractivity contribution is 0.857. The van der Waals surface area contributed by atoms with Gasteiger partial charge < -0.3 is 4.98 Å². The molecule has 0 saturated carbocycles. The number of nitrogens with one attached hydrogen (secondary N) is 2. The number of para-hydroxylation sites is 1. The van der Waals surface area contributed by atoms with Crippen LogP contribution in [0.3, 0.4) is 0 Å². The molecule has 0 radical (unpaired) electrons. The molecule has 0 aliphatic heterocycles. The third-order valence-corrected chi connectivity index (χ3v) is 4.67. The number of benzene rings is 2. The molecule has 3 heterocycles. The van der Waals surface area contributed by atoms with Crippen molar-refractivity contribution in [1.29, 1.82) is 0 Å². The van der Waals surface area contributed by atoms with Gasteiger partial charge in [0.15, 0.2) is 0 Å². The highest BCUT2D eigenvalue weighted by Crippen LogP contribution is 2.34. The van der Waals surface area contributed by atoms with Crippen molar-refractivity contribution >= 4 is 43.4 Å². The molecule has 3 aromatic heterocycles. The molecule has 0 amide bonds. The molecule has 7 heteroatoms. The van der Waals surface area contributed by atoms with Gasteiger partial charge in [0.1, 0.15) is 0 Å². The van der Waals surface area contributed by atoms with E-state index in [1.807, 2.05) is 24.3 Å². The van der Waals surface area contributed by atoms with Gasteiger partial charge >= 0.3 is 0 Å². The number of nitrogens with zero attached hydrogens (tertiary/aromatic N) is 1. The van der Waals surface area contributed by atoms with Crippen molar-refractivity contribution in [2.24, 2.45) is 7.05 Å². The van der Waals surface area contributed by atoms with Crippen molar-refractivity contribution in [1.82, 2.24) is 14.5 Å². The van der Waals surface area contributed by atoms with E-state index >= 15 is 0 Å². The van der Waals surface area contributed by atoms with Crippen LogP contribution in [0.1, 0.15) is 0 Å². The fraction of sp³-hybridized carbons (Fsp3) is 0.0588. The Balaban J connectivity index is 2.41. The zero-order valence-electron chi connectivity index (χ0n) is 12.4. The van der Waals surface area contributed by atoms with E-state index in [1.165, 1.54) is 7.05 Å². The first-order valence-corrected chi connectivity index (χ1v) is 7.29. The lowest BCUT2D eigenvalue weighted by Gasteiger charge is -1.95. The molecule has 0 aliphatic rings. The Morgan fingerprint density at radius 2 is 1.38 bits per heavy atom. The summed E-state index contributed by atoms with van der Waals surface area (Å²) >= 11 is 0. The van der Waals surface area contributed by atoms with Gasteiger partial charge in [-0.05, 0) is 6.07 Å². The maximum Gasteiger partial charge on any atom is 0.263 e. The molecule has 7 nitrogen and oxygen atoms in total. The average molecular weight is 319 g/mol. The summed E-state index contributed by atoms with van der Waals surface area (Å²) in [7, 11) is 1.36. The second kappa shape index (κ2) is 3.88. The molecule has 5 rings (SSSR count). The molecule has 0 unspecified atom stereocenters. The van der Waals surface area contributed by atoms with Gasteiger partial charge in [0.2, 0.25) is 0 Å². The Kier molecular flexibility index (Phi) is 2.10. The highest BCUT2D eigenvalue weighted by molar-refractivity contribution is 6.31. The quantitative estimate of drug-likeness (QED) is 0.436. The minimum Gasteiger partial charge on any atom is -0.354 e. The Hall–Kier alpha value is -3.48. The molecular formula is C17H9N3O4. The van der Waals surface area contributed by atoms with E-state index in [9.17, 15) is 19.2 Å². The number of hydrogen-bond donors (Lipinski definition) is 2. The molecular weight excluding hydrogens is 310 g/mol. The summed E-state index contributed by atoms with van der Waals surface area (Å²) in [6.45, 7) is 0. The predicted molar refractivity (Wildman–Crippen MR) is 91.6 cm³/mol. The Labute approximate surface area is 131 Å². The maximum absolute atomic E-state index is 12.6. The summed E-state index contributed by atoms with van der Waals surface area (Å²) in [6.07, 6.45) is 0. The summed E-state index contributed by atoms with van der Waals surface area (Å²) in [5.74, 6) is 0. The van der Waals surface area contributed by atoms with Crippen LogP contribution in [-0.4, -0.2) is 14.5 Å². The first kappa shape index (κ1) is 13.0. The number of fused-ring (bicyclic) bond motifs is 8. The van der Waals surface area contributed by atoms with E-state index in [-0.39, 0.29) is 21.5 Å². The SMILES string of the molecule is Cn1c(=O)c2c3[nH]c4ccccc4c3c3c(=O)[nH]c(=O)c3c2c1=O. The van der Waals surface area contributed by atoms with Crippen molar-refractivity contribution in [2.75, 3.05) is 0 Å². The Bertz CT molecular complexity index is 1540. The van der Waals surface area contributed by atoms with Gasteiger partial charge in [0, 0.05) is 23.3 Å². The Morgan fingerprint density at radius 1 is 0.750 bits per heavy atom. The smallest absolute Gasteiger partial charge is 0.263 e. The molecule has 0 spiro atoms. The van der Waals surface area contributed by atoms with Crippen LogP contribution < -0.4 is 22.2 Å². The molecule has 2 N–H and O–H groups in total. The van der Waals surface area contributed by atoms with Crippen molar-refractivity contribution in [3.05, 3.63) is 65.7 Å². The normalized spacial score (nSPS) is 12.2. The van der Waals surface area contributed by atoms with Crippen LogP contribution >= 0.6 is 0 Å². The molecule has 0 aliphatic carbocycles. The molecule has 0 bridgehead atoms. The monoisotopic (exact) mass is 319 g/mol. The van der Waals surface area contributed by atoms with E-state index in [0.29, 0.717) is 10.9 Å². The number of aromatic amines is 2. The fourth-order valence-corrected chi connectivity index (χ4v) is 3.63. The van der Waals surface area contributed by atoms with Gasteiger partial charge in [0.05, 0.1) is 27.1 Å². The second-order valence-electron chi connectivity index (χ2n) is 5.87. The predicted octanol–water partition coefficient (Wildman–Crippen LogP) is 0.610. The van der Waals surface area contributed by atoms with Gasteiger partial charge in [-0.15, -0.1) is 0 Å². The standard InChI is InChI=1S/C17H9N3O4/c1-20-16(23)11-10-9(14(21)19-15(10)22)8-6-4-2-3-5-7(6)18-13(8)12(11)17(20)24/h2-5,18H,1H3,(H,19,21,22). The lowest BCUT2D eigenvalue weighted by Crippen LogP contribution is -2.21. The average Bonchev–Trinajstić information content (AvgIpc) is 3.15. The Morgan fingerprint density at radius 3 is 2.12 bits per heavy atom. The van der Waals surface area contributed by atoms with Crippen LogP contribution in [0.5, 0.6) is 0 Å². The summed E-state index contributed by atoms with van der Waals surface area (Å²) in [5, 5.41) is 1.53. The van der Waals surface area contributed by atoms with Crippen LogP contribution in [0.2, 0.25) is 0 Å². The second-order valence-corrected chi connectivity index (χ2v) is 5.87. The van der Waals surface area contributed by atoms with E-state index < -0.39 is 22.2 Å². The zero-order chi connectivity index (χ0) is 16.7. The number of hydrogen-bond acceptors (Lipinski definition) is 4. The fourth-order valence-electron chi connectivity index (χ4n) is 3.63. The van der Waals surface area contributed by atoms with Crippen LogP contribution in [0.4, 0.5) is 0 Å². The topological polar surface area (TPSA) is 105 Å². The number of rotatable bonds is 0. The van der Waals surface area contributed by atoms with Crippen LogP contribution in [0.15, 0.2) is 43.4 Å². The van der Waals surface area contributed by atoms with Crippen LogP contribution in [0.25, 0.3) is 43.4 Å². The highest BCUT2D eigenvalue weighted by Gasteiger charge is 2.24. The highest BCUT2D eigenvalue weighted by atomic mass is 16.2. The largest absolute Gasteiger partial charge is 0.354 e. The van der Waals surface area contributed by atoms with E-state index in [0.717, 1.165) is 15.5 Å². The minimum atomic E-state index is -0.644. The van der Waals surface area contributed by atoms with E-state index in [1.54, 1.807) is 0 Å². The summed E-state index contributed by atoms with van der Waals surface area (Å²) in [6, 6.07) is 7.25. The van der Waals surface area contributed by atoms with E-state index in [4.69, 9.17) is 0 Å². The first-order valence-electron chi connectivity index (χ1n) is 7.29. The minimum absolute atomic E-state index is 0.0000869. The van der Waals surface area contributed by atoms with Crippen molar-refractivity contribution < 1.29 is 0 Å². The molecule has 116 valence electrons. The van der Waals surface area contributed by atoms with Gasteiger partial charge in [0.25, 0.3) is 22.2 Å². The van der Waals surface area contributed by atoms with Gasteiger partial charge in [-0.1, -0.05) is 18.2 Å². The molecule has 0 atom stereocenters. The van der Waals surface area contributed by atoms with Crippen LogP contribution in [-0.2, 0) is 7.05 Å². The van der Waals surface area contributed by atoms with Gasteiger partial charge in [-0.25, -0.2) is 0 Å². The molecule has 0 fully saturated rings. The zero-order valence-corrected chi connectivity index (χ0v) is 12.4. The lowest BCUT2D eigenvalue weighted by atomic mass is 10.0. The first-order chi connectivity index (χ1) is 11.5.